The third-order valence-electron chi connectivity index (χ3n) is 4.98. The number of pyridine rings is 1. The van der Waals surface area contributed by atoms with Crippen molar-refractivity contribution in [2.24, 2.45) is 0 Å². The number of likely N-dealkylation sites (N-methyl/N-ethyl adjacent to an activating group) is 1. The molecule has 2 fully saturated rings. The van der Waals surface area contributed by atoms with E-state index in [9.17, 15) is 22.8 Å². The van der Waals surface area contributed by atoms with E-state index in [4.69, 9.17) is 0 Å². The number of halogens is 3. The van der Waals surface area contributed by atoms with Gasteiger partial charge in [-0.25, -0.2) is 4.98 Å². The summed E-state index contributed by atoms with van der Waals surface area (Å²) in [7, 11) is 1.79. The van der Waals surface area contributed by atoms with E-state index in [-0.39, 0.29) is 23.7 Å². The fourth-order valence-corrected chi connectivity index (χ4v) is 3.48. The lowest BCUT2D eigenvalue weighted by molar-refractivity contribution is -0.141. The van der Waals surface area contributed by atoms with Crippen molar-refractivity contribution in [2.75, 3.05) is 26.7 Å². The van der Waals surface area contributed by atoms with Gasteiger partial charge < -0.3 is 10.2 Å². The van der Waals surface area contributed by atoms with Gasteiger partial charge >= 0.3 is 6.18 Å². The molecule has 26 heavy (non-hydrogen) atoms. The van der Waals surface area contributed by atoms with Gasteiger partial charge in [-0.2, -0.15) is 13.2 Å². The average Bonchev–Trinajstić information content (AvgIpc) is 2.94. The summed E-state index contributed by atoms with van der Waals surface area (Å²) < 4.78 is 38.1. The first-order valence-electron chi connectivity index (χ1n) is 8.60. The Labute approximate surface area is 149 Å². The number of nitrogens with zero attached hydrogens (tertiary/aromatic N) is 3. The molecule has 3 heterocycles. The Kier molecular flexibility index (Phi) is 5.17. The summed E-state index contributed by atoms with van der Waals surface area (Å²) in [6, 6.07) is 3.05. The molecule has 1 aromatic heterocycles. The molecule has 1 unspecified atom stereocenters. The maximum Gasteiger partial charge on any atom is 0.433 e. The summed E-state index contributed by atoms with van der Waals surface area (Å²) in [6.45, 7) is 2.10. The molecule has 2 saturated heterocycles. The number of hydrogen-bond donors (Lipinski definition) is 1. The van der Waals surface area contributed by atoms with Crippen molar-refractivity contribution in [3.63, 3.8) is 0 Å². The van der Waals surface area contributed by atoms with Crippen LogP contribution >= 0.6 is 0 Å². The Hall–Kier alpha value is -2.16. The number of aromatic nitrogens is 1. The number of carbonyl (C=O) groups excluding carboxylic acids is 2. The number of amides is 2. The zero-order chi connectivity index (χ0) is 18.9. The van der Waals surface area contributed by atoms with Gasteiger partial charge in [0.25, 0.3) is 5.91 Å². The van der Waals surface area contributed by atoms with Crippen molar-refractivity contribution in [3.8, 4) is 0 Å². The van der Waals surface area contributed by atoms with Crippen LogP contribution in [0.15, 0.2) is 18.2 Å². The number of nitrogens with one attached hydrogen (secondary N) is 1. The van der Waals surface area contributed by atoms with Gasteiger partial charge in [0.2, 0.25) is 5.91 Å². The topological polar surface area (TPSA) is 65.5 Å². The minimum absolute atomic E-state index is 0.0956. The molecule has 0 spiro atoms. The molecule has 6 nitrogen and oxygen atoms in total. The monoisotopic (exact) mass is 370 g/mol. The quantitative estimate of drug-likeness (QED) is 0.876. The Morgan fingerprint density at radius 1 is 1.19 bits per heavy atom. The van der Waals surface area contributed by atoms with Gasteiger partial charge in [-0.05, 0) is 31.4 Å². The third kappa shape index (κ3) is 3.98. The summed E-state index contributed by atoms with van der Waals surface area (Å²) in [4.78, 5) is 31.5. The molecule has 0 bridgehead atoms. The van der Waals surface area contributed by atoms with Crippen LogP contribution in [0.3, 0.4) is 0 Å². The van der Waals surface area contributed by atoms with Crippen LogP contribution in [0, 0.1) is 0 Å². The van der Waals surface area contributed by atoms with Crippen LogP contribution in [0.5, 0.6) is 0 Å². The molecule has 0 aliphatic carbocycles. The van der Waals surface area contributed by atoms with Gasteiger partial charge in [0.15, 0.2) is 0 Å². The third-order valence-corrected chi connectivity index (χ3v) is 4.98. The van der Waals surface area contributed by atoms with Gasteiger partial charge in [0, 0.05) is 32.7 Å². The fourth-order valence-electron chi connectivity index (χ4n) is 3.48. The first-order valence-corrected chi connectivity index (χ1v) is 8.60. The maximum atomic E-state index is 12.7. The first kappa shape index (κ1) is 18.6. The zero-order valence-electron chi connectivity index (χ0n) is 14.4. The fraction of sp³-hybridized carbons (Fsp3) is 0.588. The molecule has 3 rings (SSSR count). The Bertz CT molecular complexity index is 687. The second-order valence-electron chi connectivity index (χ2n) is 6.75. The van der Waals surface area contributed by atoms with Crippen LogP contribution in [-0.2, 0) is 11.0 Å². The van der Waals surface area contributed by atoms with Crippen molar-refractivity contribution in [1.82, 2.24) is 20.1 Å². The number of carbonyl (C=O) groups is 2. The van der Waals surface area contributed by atoms with Crippen LogP contribution in [0.4, 0.5) is 13.2 Å². The van der Waals surface area contributed by atoms with Gasteiger partial charge in [-0.3, -0.25) is 14.5 Å². The minimum Gasteiger partial charge on any atom is -0.348 e. The molecule has 2 amide bonds. The molecule has 1 aromatic rings. The number of alkyl halides is 3. The van der Waals surface area contributed by atoms with Crippen molar-refractivity contribution >= 4 is 11.8 Å². The van der Waals surface area contributed by atoms with Gasteiger partial charge in [0.05, 0.1) is 6.04 Å². The summed E-state index contributed by atoms with van der Waals surface area (Å²) in [5.41, 5.74) is -1.32. The lowest BCUT2D eigenvalue weighted by atomic mass is 10.0. The van der Waals surface area contributed by atoms with Gasteiger partial charge in [-0.1, -0.05) is 6.07 Å². The first-order chi connectivity index (χ1) is 12.3. The summed E-state index contributed by atoms with van der Waals surface area (Å²) in [5, 5.41) is 2.75. The van der Waals surface area contributed by atoms with Crippen LogP contribution in [0.25, 0.3) is 0 Å². The molecular weight excluding hydrogens is 349 g/mol. The van der Waals surface area contributed by atoms with Crippen LogP contribution in [0.1, 0.15) is 35.4 Å². The highest BCUT2D eigenvalue weighted by atomic mass is 19.4. The Morgan fingerprint density at radius 2 is 1.88 bits per heavy atom. The summed E-state index contributed by atoms with van der Waals surface area (Å²) in [6.07, 6.45) is -2.47. The molecule has 142 valence electrons. The summed E-state index contributed by atoms with van der Waals surface area (Å²) in [5.74, 6) is -0.480. The lowest BCUT2D eigenvalue weighted by Gasteiger charge is -2.35. The van der Waals surface area contributed by atoms with Crippen molar-refractivity contribution < 1.29 is 22.8 Å². The van der Waals surface area contributed by atoms with Gasteiger partial charge in [0.1, 0.15) is 11.4 Å². The average molecular weight is 370 g/mol. The SMILES string of the molecule is CN1CCC(N2CCC(NC(=O)c3cccc(C(F)(F)F)n3)CC2)C1=O. The highest BCUT2D eigenvalue weighted by Crippen LogP contribution is 2.27. The zero-order valence-corrected chi connectivity index (χ0v) is 14.4. The van der Waals surface area contributed by atoms with E-state index in [1.54, 1.807) is 11.9 Å². The highest BCUT2D eigenvalue weighted by molar-refractivity contribution is 5.92. The van der Waals surface area contributed by atoms with Crippen LogP contribution < -0.4 is 5.32 Å². The van der Waals surface area contributed by atoms with E-state index in [2.05, 4.69) is 15.2 Å². The van der Waals surface area contributed by atoms with E-state index in [0.29, 0.717) is 25.9 Å². The number of rotatable bonds is 3. The molecule has 1 N–H and O–H groups in total. The van der Waals surface area contributed by atoms with E-state index in [0.717, 1.165) is 19.0 Å². The molecule has 1 atom stereocenters. The van der Waals surface area contributed by atoms with Crippen LogP contribution in [0.2, 0.25) is 0 Å². The van der Waals surface area contributed by atoms with E-state index < -0.39 is 17.8 Å². The second-order valence-corrected chi connectivity index (χ2v) is 6.75. The summed E-state index contributed by atoms with van der Waals surface area (Å²) >= 11 is 0. The molecule has 0 aromatic carbocycles. The molecular formula is C17H21F3N4O2. The number of piperidine rings is 1. The minimum atomic E-state index is -4.58. The van der Waals surface area contributed by atoms with Crippen molar-refractivity contribution in [3.05, 3.63) is 29.6 Å². The largest absolute Gasteiger partial charge is 0.433 e. The lowest BCUT2D eigenvalue weighted by Crippen LogP contribution is -2.50. The van der Waals surface area contributed by atoms with E-state index >= 15 is 0 Å². The molecule has 2 aliphatic rings. The van der Waals surface area contributed by atoms with Crippen molar-refractivity contribution in [2.45, 2.75) is 37.5 Å². The standard InChI is InChI=1S/C17H21F3N4O2/c1-23-8-7-13(16(23)26)24-9-5-11(6-10-24)21-15(25)12-3-2-4-14(22-12)17(18,19)20/h2-4,11,13H,5-10H2,1H3,(H,21,25). The maximum absolute atomic E-state index is 12.7. The smallest absolute Gasteiger partial charge is 0.348 e. The second kappa shape index (κ2) is 7.22. The predicted molar refractivity (Wildman–Crippen MR) is 87.3 cm³/mol. The Morgan fingerprint density at radius 3 is 2.46 bits per heavy atom. The molecule has 2 aliphatic heterocycles. The number of likely N-dealkylation sites (tertiary alicyclic amines) is 2. The van der Waals surface area contributed by atoms with E-state index in [1.165, 1.54) is 12.1 Å². The predicted octanol–water partition coefficient (Wildman–Crippen LogP) is 1.53. The number of hydrogen-bond acceptors (Lipinski definition) is 4. The molecule has 0 radical (unpaired) electrons. The van der Waals surface area contributed by atoms with Crippen LogP contribution in [-0.4, -0.2) is 65.4 Å². The van der Waals surface area contributed by atoms with E-state index in [1.807, 2.05) is 0 Å². The normalized spacial score (nSPS) is 22.7. The molecule has 9 heteroatoms. The molecule has 0 saturated carbocycles. The van der Waals surface area contributed by atoms with Crippen molar-refractivity contribution in [1.29, 1.82) is 0 Å². The highest BCUT2D eigenvalue weighted by Gasteiger charge is 2.36. The Balaban J connectivity index is 1.55. The van der Waals surface area contributed by atoms with Gasteiger partial charge in [-0.15, -0.1) is 0 Å².